The molecule has 0 spiro atoms. The van der Waals surface area contributed by atoms with Gasteiger partial charge >= 0.3 is 0 Å². The van der Waals surface area contributed by atoms with E-state index < -0.39 is 11.1 Å². The van der Waals surface area contributed by atoms with Gasteiger partial charge in [-0.2, -0.15) is 0 Å². The maximum Gasteiger partial charge on any atom is 0.171 e. The van der Waals surface area contributed by atoms with Gasteiger partial charge in [0.15, 0.2) is 17.1 Å². The minimum absolute atomic E-state index is 0.411. The van der Waals surface area contributed by atoms with Crippen molar-refractivity contribution < 1.29 is 5.11 Å². The highest BCUT2D eigenvalue weighted by atomic mass is 16.3. The van der Waals surface area contributed by atoms with Crippen LogP contribution in [-0.2, 0) is 5.54 Å². The summed E-state index contributed by atoms with van der Waals surface area (Å²) in [4.78, 5) is 14.6. The van der Waals surface area contributed by atoms with E-state index in [0.29, 0.717) is 47.2 Å². The number of nitrogen functional groups attached to an aromatic ring is 1. The number of anilines is 1. The zero-order valence-electron chi connectivity index (χ0n) is 22.3. The molecule has 9 heteroatoms. The largest absolute Gasteiger partial charge is 0.389 e. The highest BCUT2D eigenvalue weighted by Gasteiger charge is 2.58. The Morgan fingerprint density at radius 2 is 1.49 bits per heavy atom. The third-order valence-electron chi connectivity index (χ3n) is 8.60. The summed E-state index contributed by atoms with van der Waals surface area (Å²) >= 11 is 0. The molecular weight excluding hydrogens is 512 g/mol. The molecule has 0 radical (unpaired) electrons. The highest BCUT2D eigenvalue weighted by Crippen LogP contribution is 2.57. The van der Waals surface area contributed by atoms with Crippen LogP contribution >= 0.6 is 0 Å². The highest BCUT2D eigenvalue weighted by molar-refractivity contribution is 5.87. The van der Waals surface area contributed by atoms with Gasteiger partial charge in [0.2, 0.25) is 0 Å². The molecule has 6 aromatic rings. The Morgan fingerprint density at radius 3 is 2.20 bits per heavy atom. The molecular formula is C32H28N8O. The third-order valence-corrected chi connectivity index (χ3v) is 8.60. The first-order valence-electron chi connectivity index (χ1n) is 13.9. The summed E-state index contributed by atoms with van der Waals surface area (Å²) in [7, 11) is 0. The predicted octanol–water partition coefficient (Wildman–Crippen LogP) is 4.74. The maximum atomic E-state index is 10.9. The Labute approximate surface area is 235 Å². The minimum atomic E-state index is -0.605. The lowest BCUT2D eigenvalue weighted by Gasteiger charge is -2.52. The van der Waals surface area contributed by atoms with Crippen molar-refractivity contribution >= 4 is 22.6 Å². The smallest absolute Gasteiger partial charge is 0.171 e. The van der Waals surface area contributed by atoms with Crippen LogP contribution in [0.1, 0.15) is 31.2 Å². The van der Waals surface area contributed by atoms with Gasteiger partial charge in [-0.05, 0) is 61.4 Å². The van der Waals surface area contributed by atoms with E-state index >= 15 is 0 Å². The van der Waals surface area contributed by atoms with Crippen molar-refractivity contribution in [1.29, 1.82) is 0 Å². The van der Waals surface area contributed by atoms with Crippen LogP contribution in [0.3, 0.4) is 0 Å². The van der Waals surface area contributed by atoms with Crippen molar-refractivity contribution in [1.82, 2.24) is 29.5 Å². The summed E-state index contributed by atoms with van der Waals surface area (Å²) in [6.45, 7) is 0. The van der Waals surface area contributed by atoms with Gasteiger partial charge in [-0.25, -0.2) is 15.0 Å². The van der Waals surface area contributed by atoms with E-state index in [1.807, 2.05) is 52.9 Å². The van der Waals surface area contributed by atoms with Crippen molar-refractivity contribution in [3.05, 3.63) is 90.6 Å². The molecule has 2 fully saturated rings. The Kier molecular flexibility index (Phi) is 5.07. The first-order valence-corrected chi connectivity index (χ1v) is 13.9. The summed E-state index contributed by atoms with van der Waals surface area (Å²) in [5.41, 5.74) is 18.7. The SMILES string of the molecule is Nc1ccc(-c2nnc3ccc4nc(-c5ccc([C@]6(N)C[C@@](O)(C7CC7)C6)cc5)c(-c5ccccc5)nc4n23)cn1. The number of aliphatic hydroxyl groups is 1. The summed E-state index contributed by atoms with van der Waals surface area (Å²) in [6.07, 6.45) is 5.11. The number of fused-ring (bicyclic) bond motifs is 3. The molecule has 8 rings (SSSR count). The number of hydrogen-bond acceptors (Lipinski definition) is 8. The van der Waals surface area contributed by atoms with Crippen LogP contribution in [0, 0.1) is 5.92 Å². The van der Waals surface area contributed by atoms with E-state index in [9.17, 15) is 5.11 Å². The standard InChI is InChI=1S/C32H28N8O/c33-25-14-8-21(16-35-25)29-39-38-26-15-13-24-30(40(26)29)37-28(19-4-2-1-3-5-19)27(36-24)20-6-9-22(10-7-20)31(34)17-32(41,18-31)23-11-12-23/h1-10,13-16,23,41H,11-12,17-18,34H2,(H2,33,35)/t31-,32-. The number of benzene rings is 2. The average molecular weight is 541 g/mol. The molecule has 9 nitrogen and oxygen atoms in total. The monoisotopic (exact) mass is 540 g/mol. The van der Waals surface area contributed by atoms with Gasteiger partial charge in [0.05, 0.1) is 17.0 Å². The fourth-order valence-electron chi connectivity index (χ4n) is 6.32. The molecule has 0 aliphatic heterocycles. The van der Waals surface area contributed by atoms with E-state index in [4.69, 9.17) is 21.4 Å². The molecule has 0 bridgehead atoms. The molecule has 2 aromatic carbocycles. The minimum Gasteiger partial charge on any atom is -0.389 e. The molecule has 2 saturated carbocycles. The first-order chi connectivity index (χ1) is 19.9. The number of rotatable bonds is 5. The number of aromatic nitrogens is 6. The number of hydrogen-bond donors (Lipinski definition) is 3. The molecule has 4 aromatic heterocycles. The average Bonchev–Trinajstić information content (AvgIpc) is 3.76. The fraction of sp³-hybridized carbons (Fsp3) is 0.219. The summed E-state index contributed by atoms with van der Waals surface area (Å²) in [5.74, 6) is 1.46. The summed E-state index contributed by atoms with van der Waals surface area (Å²) in [5, 5.41) is 19.7. The maximum absolute atomic E-state index is 10.9. The normalized spacial score (nSPS) is 22.2. The fourth-order valence-corrected chi connectivity index (χ4v) is 6.32. The van der Waals surface area contributed by atoms with E-state index in [-0.39, 0.29) is 0 Å². The van der Waals surface area contributed by atoms with Gasteiger partial charge in [-0.3, -0.25) is 4.40 Å². The van der Waals surface area contributed by atoms with Gasteiger partial charge in [-0.1, -0.05) is 54.6 Å². The van der Waals surface area contributed by atoms with Gasteiger partial charge < -0.3 is 16.6 Å². The zero-order valence-corrected chi connectivity index (χ0v) is 22.3. The van der Waals surface area contributed by atoms with Gasteiger partial charge in [-0.15, -0.1) is 10.2 Å². The van der Waals surface area contributed by atoms with E-state index in [0.717, 1.165) is 46.5 Å². The van der Waals surface area contributed by atoms with Crippen molar-refractivity contribution in [3.63, 3.8) is 0 Å². The molecule has 202 valence electrons. The quantitative estimate of drug-likeness (QED) is 0.285. The van der Waals surface area contributed by atoms with E-state index in [1.165, 1.54) is 0 Å². The molecule has 4 heterocycles. The molecule has 0 amide bonds. The molecule has 5 N–H and O–H groups in total. The molecule has 41 heavy (non-hydrogen) atoms. The molecule has 2 aliphatic rings. The lowest BCUT2D eigenvalue weighted by molar-refractivity contribution is -0.106. The van der Waals surface area contributed by atoms with E-state index in [2.05, 4.69) is 39.4 Å². The van der Waals surface area contributed by atoms with Crippen LogP contribution in [0.4, 0.5) is 5.82 Å². The number of nitrogens with two attached hydrogens (primary N) is 2. The van der Waals surface area contributed by atoms with Crippen molar-refractivity contribution in [3.8, 4) is 33.9 Å². The Hall–Kier alpha value is -4.73. The Morgan fingerprint density at radius 1 is 0.780 bits per heavy atom. The van der Waals surface area contributed by atoms with Crippen LogP contribution in [0.5, 0.6) is 0 Å². The van der Waals surface area contributed by atoms with E-state index in [1.54, 1.807) is 12.3 Å². The van der Waals surface area contributed by atoms with Crippen molar-refractivity contribution in [2.45, 2.75) is 36.8 Å². The summed E-state index contributed by atoms with van der Waals surface area (Å²) < 4.78 is 1.91. The zero-order chi connectivity index (χ0) is 27.8. The Bertz CT molecular complexity index is 1920. The van der Waals surface area contributed by atoms with Crippen LogP contribution in [0.25, 0.3) is 50.7 Å². The number of pyridine rings is 2. The van der Waals surface area contributed by atoms with Crippen LogP contribution < -0.4 is 11.5 Å². The van der Waals surface area contributed by atoms with Gasteiger partial charge in [0, 0.05) is 28.4 Å². The molecule has 0 unspecified atom stereocenters. The van der Waals surface area contributed by atoms with Crippen LogP contribution in [-0.4, -0.2) is 40.3 Å². The lowest BCUT2D eigenvalue weighted by atomic mass is 9.60. The number of nitrogens with zero attached hydrogens (tertiary/aromatic N) is 6. The first kappa shape index (κ1) is 24.1. The van der Waals surface area contributed by atoms with Crippen molar-refractivity contribution in [2.75, 3.05) is 5.73 Å². The summed E-state index contributed by atoms with van der Waals surface area (Å²) in [6, 6.07) is 25.7. The van der Waals surface area contributed by atoms with Gasteiger partial charge in [0.1, 0.15) is 11.3 Å². The Balaban J connectivity index is 1.26. The molecule has 0 atom stereocenters. The molecule has 2 aliphatic carbocycles. The van der Waals surface area contributed by atoms with Crippen LogP contribution in [0.2, 0.25) is 0 Å². The third kappa shape index (κ3) is 3.88. The second kappa shape index (κ2) is 8.63. The molecule has 0 saturated heterocycles. The van der Waals surface area contributed by atoms with Gasteiger partial charge in [0.25, 0.3) is 0 Å². The topological polar surface area (TPSA) is 141 Å². The second-order valence-electron chi connectivity index (χ2n) is 11.5. The van der Waals surface area contributed by atoms with Crippen LogP contribution in [0.15, 0.2) is 85.1 Å². The second-order valence-corrected chi connectivity index (χ2v) is 11.5. The lowest BCUT2D eigenvalue weighted by Crippen LogP contribution is -2.60. The predicted molar refractivity (Wildman–Crippen MR) is 157 cm³/mol. The van der Waals surface area contributed by atoms with Crippen molar-refractivity contribution in [2.24, 2.45) is 11.7 Å².